The predicted octanol–water partition coefficient (Wildman–Crippen LogP) is 1.04. The molecule has 0 spiro atoms. The van der Waals surface area contributed by atoms with E-state index in [1.807, 2.05) is 0 Å². The first-order valence-corrected chi connectivity index (χ1v) is 5.04. The lowest BCUT2D eigenvalue weighted by molar-refractivity contribution is 0.341. The maximum absolute atomic E-state index is 4.57. The summed E-state index contributed by atoms with van der Waals surface area (Å²) < 4.78 is 0. The molecule has 2 rings (SSSR count). The van der Waals surface area contributed by atoms with E-state index in [4.69, 9.17) is 0 Å². The summed E-state index contributed by atoms with van der Waals surface area (Å²) in [7, 11) is 0. The van der Waals surface area contributed by atoms with Gasteiger partial charge in [-0.15, -0.1) is 0 Å². The molecule has 1 aliphatic heterocycles. The van der Waals surface area contributed by atoms with Gasteiger partial charge in [0.05, 0.1) is 5.69 Å². The van der Waals surface area contributed by atoms with Gasteiger partial charge in [0.1, 0.15) is 5.82 Å². The highest BCUT2D eigenvalue weighted by molar-refractivity contribution is 5.13. The van der Waals surface area contributed by atoms with Crippen LogP contribution in [-0.2, 0) is 12.8 Å². The molecule has 13 heavy (non-hydrogen) atoms. The van der Waals surface area contributed by atoms with Crippen molar-refractivity contribution < 1.29 is 0 Å². The Bertz CT molecular complexity index is 286. The molecule has 0 saturated carbocycles. The summed E-state index contributed by atoms with van der Waals surface area (Å²) in [6.07, 6.45) is 2.14. The molecule has 3 heteroatoms. The van der Waals surface area contributed by atoms with Crippen molar-refractivity contribution in [2.45, 2.75) is 26.7 Å². The van der Waals surface area contributed by atoms with Gasteiger partial charge in [0, 0.05) is 12.1 Å². The Labute approximate surface area is 79.0 Å². The third-order valence-electron chi connectivity index (χ3n) is 2.72. The highest BCUT2D eigenvalue weighted by Gasteiger charge is 2.18. The van der Waals surface area contributed by atoms with E-state index in [0.29, 0.717) is 0 Å². The molecule has 1 fully saturated rings. The summed E-state index contributed by atoms with van der Waals surface area (Å²) in [5.74, 6) is 1.97. The lowest BCUT2D eigenvalue weighted by atomic mass is 9.99. The summed E-state index contributed by atoms with van der Waals surface area (Å²) in [5.41, 5.74) is 2.46. The quantitative estimate of drug-likeness (QED) is 0.728. The zero-order chi connectivity index (χ0) is 9.26. The van der Waals surface area contributed by atoms with Crippen LogP contribution in [0.3, 0.4) is 0 Å². The minimum atomic E-state index is 0.801. The van der Waals surface area contributed by atoms with Crippen molar-refractivity contribution >= 4 is 0 Å². The molecule has 0 aromatic carbocycles. The predicted molar refractivity (Wildman–Crippen MR) is 52.8 cm³/mol. The third kappa shape index (κ3) is 1.75. The second-order valence-corrected chi connectivity index (χ2v) is 3.84. The number of nitrogens with one attached hydrogen (secondary N) is 2. The second-order valence-electron chi connectivity index (χ2n) is 3.84. The Morgan fingerprint density at radius 3 is 2.69 bits per heavy atom. The van der Waals surface area contributed by atoms with E-state index in [2.05, 4.69) is 29.1 Å². The van der Waals surface area contributed by atoms with Gasteiger partial charge in [-0.25, -0.2) is 4.98 Å². The van der Waals surface area contributed by atoms with E-state index in [9.17, 15) is 0 Å². The lowest BCUT2D eigenvalue weighted by Gasteiger charge is -2.25. The number of hydrogen-bond donors (Lipinski definition) is 2. The van der Waals surface area contributed by atoms with Gasteiger partial charge in [-0.05, 0) is 32.4 Å². The van der Waals surface area contributed by atoms with Crippen molar-refractivity contribution in [2.75, 3.05) is 13.1 Å². The molecule has 0 amide bonds. The molecule has 1 aliphatic rings. The van der Waals surface area contributed by atoms with Gasteiger partial charge >= 0.3 is 0 Å². The number of aromatic nitrogens is 2. The Kier molecular flexibility index (Phi) is 2.36. The molecule has 2 heterocycles. The molecular formula is C10H17N3. The van der Waals surface area contributed by atoms with Gasteiger partial charge in [0.15, 0.2) is 0 Å². The van der Waals surface area contributed by atoms with E-state index in [1.54, 1.807) is 0 Å². The summed E-state index contributed by atoms with van der Waals surface area (Å²) in [4.78, 5) is 7.92. The summed E-state index contributed by atoms with van der Waals surface area (Å²) in [6, 6.07) is 0. The van der Waals surface area contributed by atoms with Crippen LogP contribution in [0.2, 0.25) is 0 Å². The van der Waals surface area contributed by atoms with Crippen LogP contribution in [0.5, 0.6) is 0 Å². The fourth-order valence-electron chi connectivity index (χ4n) is 1.77. The molecule has 0 radical (unpaired) electrons. The maximum atomic E-state index is 4.57. The third-order valence-corrected chi connectivity index (χ3v) is 2.72. The number of imidazole rings is 1. The average Bonchev–Trinajstić information content (AvgIpc) is 2.39. The topological polar surface area (TPSA) is 40.7 Å². The molecule has 3 nitrogen and oxygen atoms in total. The Morgan fingerprint density at radius 2 is 2.23 bits per heavy atom. The second kappa shape index (κ2) is 3.50. The van der Waals surface area contributed by atoms with Crippen molar-refractivity contribution in [1.82, 2.24) is 15.3 Å². The van der Waals surface area contributed by atoms with E-state index < -0.39 is 0 Å². The van der Waals surface area contributed by atoms with Crippen molar-refractivity contribution in [3.8, 4) is 0 Å². The van der Waals surface area contributed by atoms with Crippen LogP contribution in [0.4, 0.5) is 0 Å². The van der Waals surface area contributed by atoms with Crippen LogP contribution in [0.25, 0.3) is 0 Å². The number of nitrogens with zero attached hydrogens (tertiary/aromatic N) is 1. The average molecular weight is 179 g/mol. The van der Waals surface area contributed by atoms with Crippen LogP contribution >= 0.6 is 0 Å². The Hall–Kier alpha value is -0.830. The molecule has 1 saturated heterocycles. The highest BCUT2D eigenvalue weighted by atomic mass is 15.0. The summed E-state index contributed by atoms with van der Waals surface area (Å²) >= 11 is 0. The molecule has 2 N–H and O–H groups in total. The number of aromatic amines is 1. The smallest absolute Gasteiger partial charge is 0.106 e. The van der Waals surface area contributed by atoms with Crippen LogP contribution in [0.1, 0.15) is 24.1 Å². The van der Waals surface area contributed by atoms with Gasteiger partial charge in [-0.1, -0.05) is 6.92 Å². The van der Waals surface area contributed by atoms with Gasteiger partial charge in [-0.2, -0.15) is 0 Å². The standard InChI is InChI=1S/C10H17N3/c1-3-9-7(2)12-10(13-9)4-8-5-11-6-8/h8,11H,3-6H2,1-2H3,(H,12,13). The van der Waals surface area contributed by atoms with Gasteiger partial charge in [0.2, 0.25) is 0 Å². The number of aryl methyl sites for hydroxylation is 2. The van der Waals surface area contributed by atoms with Crippen molar-refractivity contribution in [3.05, 3.63) is 17.2 Å². The van der Waals surface area contributed by atoms with Crippen molar-refractivity contribution in [3.63, 3.8) is 0 Å². The summed E-state index contributed by atoms with van der Waals surface area (Å²) in [6.45, 7) is 6.56. The van der Waals surface area contributed by atoms with Crippen LogP contribution in [0.15, 0.2) is 0 Å². The maximum Gasteiger partial charge on any atom is 0.106 e. The van der Waals surface area contributed by atoms with E-state index in [0.717, 1.165) is 31.8 Å². The first-order chi connectivity index (χ1) is 6.29. The van der Waals surface area contributed by atoms with Gasteiger partial charge in [-0.3, -0.25) is 0 Å². The SMILES string of the molecule is CCc1nc(CC2CNC2)[nH]c1C. The van der Waals surface area contributed by atoms with Crippen LogP contribution in [0, 0.1) is 12.8 Å². The molecule has 0 bridgehead atoms. The molecule has 0 unspecified atom stereocenters. The monoisotopic (exact) mass is 179 g/mol. The van der Waals surface area contributed by atoms with Crippen molar-refractivity contribution in [2.24, 2.45) is 5.92 Å². The minimum absolute atomic E-state index is 0.801. The Balaban J connectivity index is 2.03. The van der Waals surface area contributed by atoms with Crippen LogP contribution in [-0.4, -0.2) is 23.1 Å². The summed E-state index contributed by atoms with van der Waals surface area (Å²) in [5, 5.41) is 3.28. The molecule has 1 aromatic rings. The zero-order valence-electron chi connectivity index (χ0n) is 8.35. The molecule has 0 aliphatic carbocycles. The highest BCUT2D eigenvalue weighted by Crippen LogP contribution is 2.12. The van der Waals surface area contributed by atoms with E-state index >= 15 is 0 Å². The molecule has 0 atom stereocenters. The first kappa shape index (κ1) is 8.75. The van der Waals surface area contributed by atoms with E-state index in [-0.39, 0.29) is 0 Å². The molecular weight excluding hydrogens is 162 g/mol. The normalized spacial score (nSPS) is 17.4. The van der Waals surface area contributed by atoms with Gasteiger partial charge < -0.3 is 10.3 Å². The zero-order valence-corrected chi connectivity index (χ0v) is 8.35. The number of hydrogen-bond acceptors (Lipinski definition) is 2. The minimum Gasteiger partial charge on any atom is -0.346 e. The number of rotatable bonds is 3. The fourth-order valence-corrected chi connectivity index (χ4v) is 1.77. The van der Waals surface area contributed by atoms with Crippen LogP contribution < -0.4 is 5.32 Å². The van der Waals surface area contributed by atoms with E-state index in [1.165, 1.54) is 17.2 Å². The lowest BCUT2D eigenvalue weighted by Crippen LogP contribution is -2.43. The van der Waals surface area contributed by atoms with Crippen molar-refractivity contribution in [1.29, 1.82) is 0 Å². The molecule has 1 aromatic heterocycles. The first-order valence-electron chi connectivity index (χ1n) is 5.04. The molecule has 72 valence electrons. The fraction of sp³-hybridized carbons (Fsp3) is 0.700. The van der Waals surface area contributed by atoms with Gasteiger partial charge in [0.25, 0.3) is 0 Å². The number of H-pyrrole nitrogens is 1. The Morgan fingerprint density at radius 1 is 1.46 bits per heavy atom. The largest absolute Gasteiger partial charge is 0.346 e.